The maximum atomic E-state index is 14.5. The highest BCUT2D eigenvalue weighted by Gasteiger charge is 2.39. The van der Waals surface area contributed by atoms with Gasteiger partial charge in [0.2, 0.25) is 10.0 Å². The number of halogens is 3. The molecule has 1 atom stereocenters. The molecule has 0 spiro atoms. The number of primary sulfonamides is 1. The van der Waals surface area contributed by atoms with E-state index in [4.69, 9.17) is 16.7 Å². The van der Waals surface area contributed by atoms with E-state index >= 15 is 0 Å². The number of hydrogen-bond acceptors (Lipinski definition) is 4. The molecular weight excluding hydrogens is 432 g/mol. The zero-order chi connectivity index (χ0) is 21.5. The normalized spacial score (nSPS) is 16.3. The van der Waals surface area contributed by atoms with Crippen LogP contribution in [0.15, 0.2) is 65.8 Å². The summed E-state index contributed by atoms with van der Waals surface area (Å²) in [5, 5.41) is 5.81. The number of sulfonamides is 1. The first-order valence-corrected chi connectivity index (χ1v) is 11.1. The number of pyridine rings is 1. The third kappa shape index (κ3) is 4.09. The lowest BCUT2D eigenvalue weighted by atomic mass is 9.86. The molecule has 5 nitrogen and oxygen atoms in total. The van der Waals surface area contributed by atoms with Crippen molar-refractivity contribution < 1.29 is 17.2 Å². The van der Waals surface area contributed by atoms with Gasteiger partial charge in [0.25, 0.3) is 0 Å². The van der Waals surface area contributed by atoms with Gasteiger partial charge in [-0.1, -0.05) is 29.8 Å². The van der Waals surface area contributed by atoms with E-state index < -0.39 is 32.5 Å². The van der Waals surface area contributed by atoms with Gasteiger partial charge in [0, 0.05) is 48.1 Å². The first kappa shape index (κ1) is 20.9. The predicted octanol–water partition coefficient (Wildman–Crippen LogP) is 3.85. The Morgan fingerprint density at radius 3 is 2.40 bits per heavy atom. The Kier molecular flexibility index (Phi) is 5.59. The van der Waals surface area contributed by atoms with E-state index in [2.05, 4.69) is 9.88 Å². The van der Waals surface area contributed by atoms with Crippen LogP contribution in [0.5, 0.6) is 0 Å². The van der Waals surface area contributed by atoms with Gasteiger partial charge in [0.1, 0.15) is 11.6 Å². The fourth-order valence-electron chi connectivity index (χ4n) is 3.90. The van der Waals surface area contributed by atoms with Crippen LogP contribution in [0.3, 0.4) is 0 Å². The molecule has 3 aromatic rings. The monoisotopic (exact) mass is 449 g/mol. The van der Waals surface area contributed by atoms with Gasteiger partial charge < -0.3 is 0 Å². The van der Waals surface area contributed by atoms with E-state index in [-0.39, 0.29) is 11.6 Å². The van der Waals surface area contributed by atoms with Crippen molar-refractivity contribution in [2.24, 2.45) is 5.14 Å². The topological polar surface area (TPSA) is 76.3 Å². The second kappa shape index (κ2) is 8.03. The van der Waals surface area contributed by atoms with E-state index in [1.807, 2.05) is 24.3 Å². The van der Waals surface area contributed by atoms with Crippen LogP contribution in [-0.2, 0) is 10.0 Å². The number of likely N-dealkylation sites (tertiary alicyclic amines) is 1. The van der Waals surface area contributed by atoms with Crippen LogP contribution < -0.4 is 5.14 Å². The Morgan fingerprint density at radius 1 is 1.10 bits per heavy atom. The number of hydrogen-bond donors (Lipinski definition) is 1. The summed E-state index contributed by atoms with van der Waals surface area (Å²) in [4.78, 5) is 5.75. The van der Waals surface area contributed by atoms with Gasteiger partial charge in [-0.3, -0.25) is 9.88 Å². The van der Waals surface area contributed by atoms with E-state index in [0.717, 1.165) is 17.2 Å². The number of benzene rings is 2. The third-order valence-electron chi connectivity index (χ3n) is 5.23. The molecule has 1 aliphatic rings. The lowest BCUT2D eigenvalue weighted by Gasteiger charge is -2.45. The maximum Gasteiger partial charge on any atom is 0.238 e. The van der Waals surface area contributed by atoms with Crippen LogP contribution in [0.1, 0.15) is 28.7 Å². The third-order valence-corrected chi connectivity index (χ3v) is 6.43. The minimum absolute atomic E-state index is 0.0730. The fourth-order valence-corrected chi connectivity index (χ4v) is 4.87. The molecule has 1 fully saturated rings. The lowest BCUT2D eigenvalue weighted by Crippen LogP contribution is -2.48. The molecule has 0 amide bonds. The van der Waals surface area contributed by atoms with Crippen LogP contribution in [0.2, 0.25) is 5.02 Å². The highest BCUT2D eigenvalue weighted by Crippen LogP contribution is 2.40. The summed E-state index contributed by atoms with van der Waals surface area (Å²) < 4.78 is 51.9. The van der Waals surface area contributed by atoms with Crippen LogP contribution in [-0.4, -0.2) is 31.4 Å². The number of aromatic nitrogens is 1. The van der Waals surface area contributed by atoms with E-state index in [1.54, 1.807) is 24.5 Å². The zero-order valence-corrected chi connectivity index (χ0v) is 17.2. The van der Waals surface area contributed by atoms with Crippen molar-refractivity contribution in [3.63, 3.8) is 0 Å². The van der Waals surface area contributed by atoms with Crippen molar-refractivity contribution in [1.29, 1.82) is 0 Å². The summed E-state index contributed by atoms with van der Waals surface area (Å²) in [5.41, 5.74) is 1.83. The molecule has 1 aromatic heterocycles. The molecule has 156 valence electrons. The van der Waals surface area contributed by atoms with Gasteiger partial charge in [-0.05, 0) is 35.4 Å². The predicted molar refractivity (Wildman–Crippen MR) is 110 cm³/mol. The summed E-state index contributed by atoms with van der Waals surface area (Å²) >= 11 is 6.02. The van der Waals surface area contributed by atoms with Crippen molar-refractivity contribution in [1.82, 2.24) is 9.88 Å². The lowest BCUT2D eigenvalue weighted by molar-refractivity contribution is 0.107. The van der Waals surface area contributed by atoms with E-state index in [1.165, 1.54) is 0 Å². The zero-order valence-electron chi connectivity index (χ0n) is 15.7. The Morgan fingerprint density at radius 2 is 1.80 bits per heavy atom. The average molecular weight is 450 g/mol. The van der Waals surface area contributed by atoms with Crippen molar-refractivity contribution in [2.75, 3.05) is 13.1 Å². The molecule has 1 unspecified atom stereocenters. The Balaban J connectivity index is 1.67. The van der Waals surface area contributed by atoms with Gasteiger partial charge in [0.15, 0.2) is 0 Å². The fraction of sp³-hybridized carbons (Fsp3) is 0.190. The van der Waals surface area contributed by atoms with Crippen LogP contribution in [0.25, 0.3) is 0 Å². The minimum atomic E-state index is -4.27. The van der Waals surface area contributed by atoms with Crippen molar-refractivity contribution >= 4 is 21.6 Å². The van der Waals surface area contributed by atoms with Crippen LogP contribution >= 0.6 is 11.6 Å². The highest BCUT2D eigenvalue weighted by molar-refractivity contribution is 7.89. The molecule has 0 radical (unpaired) electrons. The van der Waals surface area contributed by atoms with Gasteiger partial charge in [-0.25, -0.2) is 22.3 Å². The van der Waals surface area contributed by atoms with E-state index in [9.17, 15) is 17.2 Å². The summed E-state index contributed by atoms with van der Waals surface area (Å²) in [5.74, 6) is -2.33. The van der Waals surface area contributed by atoms with Crippen LogP contribution in [0.4, 0.5) is 8.78 Å². The molecule has 1 saturated heterocycles. The molecule has 2 heterocycles. The minimum Gasteiger partial charge on any atom is -0.291 e. The SMILES string of the molecule is NS(=O)(=O)c1cc(F)cc(F)c1C1CN(C(c2ccc(Cl)cc2)c2cccnc2)C1. The van der Waals surface area contributed by atoms with Gasteiger partial charge >= 0.3 is 0 Å². The van der Waals surface area contributed by atoms with Gasteiger partial charge in [0.05, 0.1) is 10.9 Å². The molecule has 9 heteroatoms. The number of nitrogens with two attached hydrogens (primary N) is 1. The Labute approximate surface area is 178 Å². The second-order valence-electron chi connectivity index (χ2n) is 7.24. The van der Waals surface area contributed by atoms with Crippen molar-refractivity contribution in [3.05, 3.63) is 94.3 Å². The van der Waals surface area contributed by atoms with Crippen molar-refractivity contribution in [2.45, 2.75) is 16.9 Å². The molecule has 0 saturated carbocycles. The highest BCUT2D eigenvalue weighted by atomic mass is 35.5. The summed E-state index contributed by atoms with van der Waals surface area (Å²) in [6.45, 7) is 0.737. The molecule has 30 heavy (non-hydrogen) atoms. The molecule has 1 aliphatic heterocycles. The largest absolute Gasteiger partial charge is 0.291 e. The molecular formula is C21H18ClF2N3O2S. The summed E-state index contributed by atoms with van der Waals surface area (Å²) in [7, 11) is -4.27. The van der Waals surface area contributed by atoms with Gasteiger partial charge in [-0.15, -0.1) is 0 Å². The smallest absolute Gasteiger partial charge is 0.238 e. The maximum absolute atomic E-state index is 14.5. The number of rotatable bonds is 5. The molecule has 2 aromatic carbocycles. The van der Waals surface area contributed by atoms with Crippen molar-refractivity contribution in [3.8, 4) is 0 Å². The number of nitrogens with zero attached hydrogens (tertiary/aromatic N) is 2. The van der Waals surface area contributed by atoms with Gasteiger partial charge in [-0.2, -0.15) is 0 Å². The molecule has 4 rings (SSSR count). The molecule has 0 aliphatic carbocycles. The second-order valence-corrected chi connectivity index (χ2v) is 9.20. The van der Waals surface area contributed by atoms with Crippen LogP contribution in [0, 0.1) is 11.6 Å². The Bertz CT molecular complexity index is 1170. The first-order valence-electron chi connectivity index (χ1n) is 9.15. The van der Waals surface area contributed by atoms with E-state index in [0.29, 0.717) is 24.2 Å². The quantitative estimate of drug-likeness (QED) is 0.642. The first-order chi connectivity index (χ1) is 14.2. The molecule has 2 N–H and O–H groups in total. The standard InChI is InChI=1S/C21H18ClF2N3O2S/c22-16-5-3-13(4-6-16)21(14-2-1-7-26-10-14)27-11-15(12-27)20-18(24)8-17(23)9-19(20)30(25,28)29/h1-10,15,21H,11-12H2,(H2,25,28,29). The Hall–Kier alpha value is -2.39. The summed E-state index contributed by atoms with van der Waals surface area (Å²) in [6.07, 6.45) is 3.43. The summed E-state index contributed by atoms with van der Waals surface area (Å²) in [6, 6.07) is 12.4. The molecule has 0 bridgehead atoms. The average Bonchev–Trinajstić information content (AvgIpc) is 2.66.